The van der Waals surface area contributed by atoms with Gasteiger partial charge in [0.15, 0.2) is 0 Å². The monoisotopic (exact) mass is 247 g/mol. The lowest BCUT2D eigenvalue weighted by molar-refractivity contribution is 0.252. The lowest BCUT2D eigenvalue weighted by Crippen LogP contribution is -2.29. The second-order valence-electron chi connectivity index (χ2n) is 4.43. The van der Waals surface area contributed by atoms with Crippen LogP contribution in [0.15, 0.2) is 23.4 Å². The maximum absolute atomic E-state index is 11.5. The smallest absolute Gasteiger partial charge is 0.319 e. The molecule has 5 nitrogen and oxygen atoms in total. The Morgan fingerprint density at radius 3 is 3.06 bits per heavy atom. The Bertz CT molecular complexity index is 460. The molecule has 0 heterocycles. The quantitative estimate of drug-likeness (QED) is 0.805. The zero-order valence-electron chi connectivity index (χ0n) is 10.4. The molecule has 0 fully saturated rings. The van der Waals surface area contributed by atoms with Crippen molar-refractivity contribution in [3.05, 3.63) is 34.2 Å². The Morgan fingerprint density at radius 1 is 1.50 bits per heavy atom. The van der Waals surface area contributed by atoms with E-state index in [1.165, 1.54) is 5.56 Å². The number of amides is 2. The van der Waals surface area contributed by atoms with E-state index >= 15 is 0 Å². The molecule has 2 N–H and O–H groups in total. The summed E-state index contributed by atoms with van der Waals surface area (Å²) in [5, 5.41) is 8.64. The molecule has 1 aromatic rings. The average Bonchev–Trinajstić information content (AvgIpc) is 2.39. The lowest BCUT2D eigenvalue weighted by atomic mass is 9.87. The molecule has 1 aliphatic rings. The topological polar surface area (TPSA) is 70.6 Å². The summed E-state index contributed by atoms with van der Waals surface area (Å²) >= 11 is 0. The Hall–Kier alpha value is -1.91. The third-order valence-corrected chi connectivity index (χ3v) is 3.19. The summed E-state index contributed by atoms with van der Waals surface area (Å²) in [5.74, 6) is 0. The van der Waals surface area contributed by atoms with Gasteiger partial charge in [0.05, 0.1) is 6.04 Å². The number of carbonyl (C=O) groups excluding carboxylic acids is 1. The number of carbonyl (C=O) groups is 1. The van der Waals surface area contributed by atoms with Crippen LogP contribution in [0.5, 0.6) is 0 Å². The maximum atomic E-state index is 11.5. The number of anilines is 1. The van der Waals surface area contributed by atoms with Crippen molar-refractivity contribution < 1.29 is 4.79 Å². The molecule has 0 saturated carbocycles. The van der Waals surface area contributed by atoms with Crippen molar-refractivity contribution in [1.82, 2.24) is 5.32 Å². The predicted molar refractivity (Wildman–Crippen MR) is 70.7 cm³/mol. The second-order valence-corrected chi connectivity index (χ2v) is 4.43. The Balaban J connectivity index is 2.21. The summed E-state index contributed by atoms with van der Waals surface area (Å²) in [6.45, 7) is 2.45. The maximum Gasteiger partial charge on any atom is 0.319 e. The molecule has 96 valence electrons. The Kier molecular flexibility index (Phi) is 3.92. The van der Waals surface area contributed by atoms with E-state index in [1.807, 2.05) is 25.1 Å². The SMILES string of the molecule is CCNC(=O)Nc1cccc2c1CC(N=O)CC2. The molecule has 2 rings (SSSR count). The molecule has 18 heavy (non-hydrogen) atoms. The van der Waals surface area contributed by atoms with Gasteiger partial charge in [-0.25, -0.2) is 4.79 Å². The number of hydrogen-bond acceptors (Lipinski definition) is 3. The number of hydrogen-bond donors (Lipinski definition) is 2. The summed E-state index contributed by atoms with van der Waals surface area (Å²) < 4.78 is 0. The largest absolute Gasteiger partial charge is 0.338 e. The molecule has 0 aromatic heterocycles. The van der Waals surface area contributed by atoms with Gasteiger partial charge in [0.2, 0.25) is 0 Å². The van der Waals surface area contributed by atoms with Gasteiger partial charge in [0.25, 0.3) is 0 Å². The molecule has 2 amide bonds. The number of fused-ring (bicyclic) bond motifs is 1. The van der Waals surface area contributed by atoms with E-state index in [0.717, 1.165) is 24.1 Å². The first kappa shape index (κ1) is 12.5. The number of nitroso groups, excluding NO2 is 1. The van der Waals surface area contributed by atoms with Crippen molar-refractivity contribution >= 4 is 11.7 Å². The summed E-state index contributed by atoms with van der Waals surface area (Å²) in [4.78, 5) is 22.2. The minimum atomic E-state index is -0.216. The van der Waals surface area contributed by atoms with Crippen molar-refractivity contribution in [2.75, 3.05) is 11.9 Å². The van der Waals surface area contributed by atoms with E-state index in [1.54, 1.807) is 0 Å². The Labute approximate surface area is 106 Å². The van der Waals surface area contributed by atoms with Crippen molar-refractivity contribution in [1.29, 1.82) is 0 Å². The molecule has 0 saturated heterocycles. The van der Waals surface area contributed by atoms with E-state index in [4.69, 9.17) is 0 Å². The molecule has 1 aromatic carbocycles. The van der Waals surface area contributed by atoms with Gasteiger partial charge >= 0.3 is 6.03 Å². The van der Waals surface area contributed by atoms with Crippen molar-refractivity contribution in [2.24, 2.45) is 5.18 Å². The summed E-state index contributed by atoms with van der Waals surface area (Å²) in [5.41, 5.74) is 3.02. The van der Waals surface area contributed by atoms with E-state index in [2.05, 4.69) is 15.8 Å². The molecular weight excluding hydrogens is 230 g/mol. The number of rotatable bonds is 3. The first-order valence-corrected chi connectivity index (χ1v) is 6.22. The van der Waals surface area contributed by atoms with Crippen molar-refractivity contribution in [2.45, 2.75) is 32.2 Å². The highest BCUT2D eigenvalue weighted by atomic mass is 16.3. The number of nitrogens with one attached hydrogen (secondary N) is 2. The van der Waals surface area contributed by atoms with Crippen LogP contribution in [0.4, 0.5) is 10.5 Å². The van der Waals surface area contributed by atoms with E-state index in [-0.39, 0.29) is 12.1 Å². The fraction of sp³-hybridized carbons (Fsp3) is 0.462. The van der Waals surface area contributed by atoms with Crippen molar-refractivity contribution in [3.63, 3.8) is 0 Å². The fourth-order valence-corrected chi connectivity index (χ4v) is 2.30. The van der Waals surface area contributed by atoms with Crippen LogP contribution < -0.4 is 10.6 Å². The predicted octanol–water partition coefficient (Wildman–Crippen LogP) is 2.45. The second kappa shape index (κ2) is 5.62. The van der Waals surface area contributed by atoms with E-state index < -0.39 is 0 Å². The standard InChI is InChI=1S/C13H17N3O2/c1-2-14-13(17)15-12-5-3-4-9-6-7-10(16-18)8-11(9)12/h3-5,10H,2,6-8H2,1H3,(H2,14,15,17). The van der Waals surface area contributed by atoms with Crippen molar-refractivity contribution in [3.8, 4) is 0 Å². The fourth-order valence-electron chi connectivity index (χ4n) is 2.30. The van der Waals surface area contributed by atoms with Crippen LogP contribution in [0.25, 0.3) is 0 Å². The molecular formula is C13H17N3O2. The van der Waals surface area contributed by atoms with Gasteiger partial charge in [-0.05, 0) is 37.0 Å². The third-order valence-electron chi connectivity index (χ3n) is 3.19. The normalized spacial score (nSPS) is 17.7. The summed E-state index contributed by atoms with van der Waals surface area (Å²) in [7, 11) is 0. The van der Waals surface area contributed by atoms with Gasteiger partial charge in [-0.2, -0.15) is 4.91 Å². The number of nitrogens with zero attached hydrogens (tertiary/aromatic N) is 1. The van der Waals surface area contributed by atoms with Crippen LogP contribution in [0.1, 0.15) is 24.5 Å². The van der Waals surface area contributed by atoms with Crippen LogP contribution in [-0.4, -0.2) is 18.6 Å². The molecule has 1 unspecified atom stereocenters. The summed E-state index contributed by atoms with van der Waals surface area (Å²) in [6, 6.07) is 5.44. The summed E-state index contributed by atoms with van der Waals surface area (Å²) in [6.07, 6.45) is 2.25. The minimum Gasteiger partial charge on any atom is -0.338 e. The minimum absolute atomic E-state index is 0.172. The van der Waals surface area contributed by atoms with E-state index in [0.29, 0.717) is 13.0 Å². The first-order valence-electron chi connectivity index (χ1n) is 6.22. The van der Waals surface area contributed by atoms with Crippen LogP contribution in [-0.2, 0) is 12.8 Å². The van der Waals surface area contributed by atoms with Gasteiger partial charge in [-0.3, -0.25) is 0 Å². The average molecular weight is 247 g/mol. The number of urea groups is 1. The molecule has 0 bridgehead atoms. The number of aryl methyl sites for hydroxylation is 1. The van der Waals surface area contributed by atoms with Gasteiger partial charge in [0.1, 0.15) is 0 Å². The molecule has 0 spiro atoms. The van der Waals surface area contributed by atoms with Crippen LogP contribution >= 0.6 is 0 Å². The van der Waals surface area contributed by atoms with Crippen LogP contribution in [0, 0.1) is 4.91 Å². The van der Waals surface area contributed by atoms with Gasteiger partial charge < -0.3 is 10.6 Å². The third kappa shape index (κ3) is 2.67. The van der Waals surface area contributed by atoms with Crippen LogP contribution in [0.2, 0.25) is 0 Å². The Morgan fingerprint density at radius 2 is 2.33 bits per heavy atom. The molecule has 0 aliphatic heterocycles. The first-order chi connectivity index (χ1) is 8.74. The highest BCUT2D eigenvalue weighted by Gasteiger charge is 2.21. The molecule has 0 radical (unpaired) electrons. The van der Waals surface area contributed by atoms with Gasteiger partial charge in [0, 0.05) is 18.7 Å². The molecule has 1 aliphatic carbocycles. The highest BCUT2D eigenvalue weighted by Crippen LogP contribution is 2.29. The van der Waals surface area contributed by atoms with Gasteiger partial charge in [-0.15, -0.1) is 0 Å². The van der Waals surface area contributed by atoms with E-state index in [9.17, 15) is 9.70 Å². The molecule has 1 atom stereocenters. The highest BCUT2D eigenvalue weighted by molar-refractivity contribution is 5.90. The van der Waals surface area contributed by atoms with Crippen LogP contribution in [0.3, 0.4) is 0 Å². The zero-order valence-corrected chi connectivity index (χ0v) is 10.4. The zero-order chi connectivity index (χ0) is 13.0. The van der Waals surface area contributed by atoms with Gasteiger partial charge in [-0.1, -0.05) is 17.3 Å². The number of benzene rings is 1. The molecule has 5 heteroatoms. The lowest BCUT2D eigenvalue weighted by Gasteiger charge is -2.22.